The SMILES string of the molecule is NNON([O-])c1ccccc1. The molecule has 3 N–H and O–H groups in total. The van der Waals surface area contributed by atoms with Crippen molar-refractivity contribution in [3.63, 3.8) is 0 Å². The van der Waals surface area contributed by atoms with Gasteiger partial charge in [0.25, 0.3) is 0 Å². The first-order valence-electron chi connectivity index (χ1n) is 2.99. The number of nitrogens with zero attached hydrogens (tertiary/aromatic N) is 1. The minimum Gasteiger partial charge on any atom is -0.732 e. The van der Waals surface area contributed by atoms with Crippen LogP contribution in [0.5, 0.6) is 0 Å². The van der Waals surface area contributed by atoms with Crippen molar-refractivity contribution < 1.29 is 4.94 Å². The summed E-state index contributed by atoms with van der Waals surface area (Å²) in [5.74, 6) is 4.75. The van der Waals surface area contributed by atoms with Crippen LogP contribution in [0, 0.1) is 5.21 Å². The van der Waals surface area contributed by atoms with Crippen LogP contribution in [0.1, 0.15) is 0 Å². The van der Waals surface area contributed by atoms with E-state index in [0.717, 1.165) is 0 Å². The van der Waals surface area contributed by atoms with E-state index >= 15 is 0 Å². The average molecular weight is 154 g/mol. The molecule has 0 aliphatic heterocycles. The first-order valence-corrected chi connectivity index (χ1v) is 2.99. The van der Waals surface area contributed by atoms with Crippen LogP contribution in [-0.4, -0.2) is 0 Å². The highest BCUT2D eigenvalue weighted by molar-refractivity contribution is 5.43. The van der Waals surface area contributed by atoms with E-state index < -0.39 is 0 Å². The maximum Gasteiger partial charge on any atom is 0.0531 e. The molecule has 1 aromatic carbocycles. The van der Waals surface area contributed by atoms with Gasteiger partial charge in [0.15, 0.2) is 0 Å². The van der Waals surface area contributed by atoms with Crippen molar-refractivity contribution in [2.24, 2.45) is 5.84 Å². The van der Waals surface area contributed by atoms with E-state index in [-0.39, 0.29) is 5.23 Å². The van der Waals surface area contributed by atoms with E-state index in [0.29, 0.717) is 5.69 Å². The summed E-state index contributed by atoms with van der Waals surface area (Å²) in [6, 6.07) is 8.45. The first-order chi connectivity index (χ1) is 5.34. The summed E-state index contributed by atoms with van der Waals surface area (Å²) in [7, 11) is 0. The highest BCUT2D eigenvalue weighted by Crippen LogP contribution is 2.10. The zero-order chi connectivity index (χ0) is 8.10. The Balaban J connectivity index is 2.61. The van der Waals surface area contributed by atoms with Crippen LogP contribution in [0.3, 0.4) is 0 Å². The highest BCUT2D eigenvalue weighted by Gasteiger charge is 1.90. The van der Waals surface area contributed by atoms with Gasteiger partial charge in [-0.15, -0.1) is 5.59 Å². The zero-order valence-corrected chi connectivity index (χ0v) is 5.73. The minimum atomic E-state index is 0.278. The molecule has 0 saturated heterocycles. The maximum absolute atomic E-state index is 10.8. The summed E-state index contributed by atoms with van der Waals surface area (Å²) in [6.07, 6.45) is 0. The molecule has 0 spiro atoms. The summed E-state index contributed by atoms with van der Waals surface area (Å²) in [5.41, 5.74) is 2.16. The maximum atomic E-state index is 10.8. The van der Waals surface area contributed by atoms with Crippen molar-refractivity contribution >= 4 is 5.69 Å². The van der Waals surface area contributed by atoms with Crippen LogP contribution >= 0.6 is 0 Å². The standard InChI is InChI=1S/C6H8N3O2/c7-8-11-9(10)6-4-2-1-3-5-6/h1-5,8H,7H2/q-1. The molecule has 60 valence electrons. The molecule has 11 heavy (non-hydrogen) atoms. The van der Waals surface area contributed by atoms with Gasteiger partial charge in [0.2, 0.25) is 0 Å². The fourth-order valence-electron chi connectivity index (χ4n) is 0.650. The lowest BCUT2D eigenvalue weighted by molar-refractivity contribution is 0.0385. The number of hydrazine groups is 1. The lowest BCUT2D eigenvalue weighted by Gasteiger charge is -2.26. The summed E-state index contributed by atoms with van der Waals surface area (Å²) in [4.78, 5) is 4.23. The second-order valence-corrected chi connectivity index (χ2v) is 1.80. The lowest BCUT2D eigenvalue weighted by atomic mass is 10.3. The molecule has 0 fully saturated rings. The van der Waals surface area contributed by atoms with Crippen LogP contribution in [0.4, 0.5) is 5.69 Å². The summed E-state index contributed by atoms with van der Waals surface area (Å²) >= 11 is 0. The fourth-order valence-corrected chi connectivity index (χ4v) is 0.650. The monoisotopic (exact) mass is 154 g/mol. The fraction of sp³-hybridized carbons (Fsp3) is 0. The smallest absolute Gasteiger partial charge is 0.0531 e. The van der Waals surface area contributed by atoms with Gasteiger partial charge in [0.05, 0.1) is 5.69 Å². The van der Waals surface area contributed by atoms with Crippen molar-refractivity contribution in [2.45, 2.75) is 0 Å². The lowest BCUT2D eigenvalue weighted by Crippen LogP contribution is -2.31. The number of hydrogen-bond donors (Lipinski definition) is 2. The number of anilines is 1. The van der Waals surface area contributed by atoms with Crippen molar-refractivity contribution in [1.82, 2.24) is 5.59 Å². The molecule has 0 atom stereocenters. The van der Waals surface area contributed by atoms with Gasteiger partial charge in [-0.2, -0.15) is 4.94 Å². The van der Waals surface area contributed by atoms with E-state index in [4.69, 9.17) is 5.84 Å². The van der Waals surface area contributed by atoms with Gasteiger partial charge in [0, 0.05) is 0 Å². The van der Waals surface area contributed by atoms with E-state index in [1.165, 1.54) is 0 Å². The normalized spacial score (nSPS) is 9.64. The summed E-state index contributed by atoms with van der Waals surface area (Å²) in [5, 5.41) is 11.1. The van der Waals surface area contributed by atoms with E-state index in [2.05, 4.69) is 4.94 Å². The van der Waals surface area contributed by atoms with Crippen molar-refractivity contribution in [2.75, 3.05) is 5.23 Å². The Morgan fingerprint density at radius 1 is 1.36 bits per heavy atom. The van der Waals surface area contributed by atoms with Crippen molar-refractivity contribution in [3.05, 3.63) is 35.5 Å². The summed E-state index contributed by atoms with van der Waals surface area (Å²) < 4.78 is 0. The Kier molecular flexibility index (Phi) is 2.82. The molecule has 1 aromatic rings. The van der Waals surface area contributed by atoms with E-state index in [1.54, 1.807) is 35.9 Å². The van der Waals surface area contributed by atoms with E-state index in [9.17, 15) is 5.21 Å². The molecule has 0 saturated carbocycles. The average Bonchev–Trinajstić information content (AvgIpc) is 2.07. The van der Waals surface area contributed by atoms with Crippen LogP contribution in [-0.2, 0) is 4.94 Å². The topological polar surface area (TPSA) is 73.6 Å². The second kappa shape index (κ2) is 3.89. The molecule has 5 heteroatoms. The third-order valence-corrected chi connectivity index (χ3v) is 1.10. The quantitative estimate of drug-likeness (QED) is 0.484. The molecular formula is C6H8N3O2-. The Hall–Kier alpha value is -1.14. The van der Waals surface area contributed by atoms with E-state index in [1.807, 2.05) is 0 Å². The second-order valence-electron chi connectivity index (χ2n) is 1.80. The third kappa shape index (κ3) is 2.17. The Bertz CT molecular complexity index is 204. The molecule has 0 heterocycles. The van der Waals surface area contributed by atoms with Crippen LogP contribution in [0.25, 0.3) is 0 Å². The van der Waals surface area contributed by atoms with Gasteiger partial charge < -0.3 is 5.21 Å². The Morgan fingerprint density at radius 3 is 2.55 bits per heavy atom. The minimum absolute atomic E-state index is 0.278. The predicted octanol–water partition coefficient (Wildman–Crippen LogP) is 0.301. The number of nitrogens with two attached hydrogens (primary N) is 1. The molecule has 0 aliphatic carbocycles. The summed E-state index contributed by atoms with van der Waals surface area (Å²) in [6.45, 7) is 0. The van der Waals surface area contributed by atoms with Crippen LogP contribution in [0.15, 0.2) is 30.3 Å². The van der Waals surface area contributed by atoms with Gasteiger partial charge in [0.1, 0.15) is 0 Å². The van der Waals surface area contributed by atoms with Crippen LogP contribution in [0.2, 0.25) is 0 Å². The molecule has 0 bridgehead atoms. The molecule has 1 rings (SSSR count). The molecule has 0 unspecified atom stereocenters. The molecule has 0 amide bonds. The number of benzene rings is 1. The van der Waals surface area contributed by atoms with Crippen molar-refractivity contribution in [1.29, 1.82) is 0 Å². The molecule has 0 aromatic heterocycles. The van der Waals surface area contributed by atoms with Crippen molar-refractivity contribution in [3.8, 4) is 0 Å². The predicted molar refractivity (Wildman–Crippen MR) is 40.7 cm³/mol. The van der Waals surface area contributed by atoms with Gasteiger partial charge in [-0.25, -0.2) is 5.84 Å². The zero-order valence-electron chi connectivity index (χ0n) is 5.73. The molecular weight excluding hydrogens is 146 g/mol. The largest absolute Gasteiger partial charge is 0.732 e. The molecule has 0 aliphatic rings. The molecule has 0 radical (unpaired) electrons. The van der Waals surface area contributed by atoms with Crippen LogP contribution < -0.4 is 16.7 Å². The Labute approximate surface area is 63.8 Å². The highest BCUT2D eigenvalue weighted by atomic mass is 17.0. The number of para-hydroxylation sites is 1. The van der Waals surface area contributed by atoms with Gasteiger partial charge in [-0.05, 0) is 12.1 Å². The number of rotatable bonds is 3. The third-order valence-electron chi connectivity index (χ3n) is 1.10. The van der Waals surface area contributed by atoms with Gasteiger partial charge >= 0.3 is 0 Å². The van der Waals surface area contributed by atoms with Gasteiger partial charge in [-0.3, -0.25) is 5.23 Å². The first kappa shape index (κ1) is 7.96. The number of nitrogens with one attached hydrogen (secondary N) is 1. The number of hydrogen-bond acceptors (Lipinski definition) is 5. The van der Waals surface area contributed by atoms with Gasteiger partial charge in [-0.1, -0.05) is 18.2 Å². The molecule has 5 nitrogen and oxygen atoms in total. The Morgan fingerprint density at radius 2 is 2.00 bits per heavy atom.